The number of carbonyl (C=O) groups is 3. The third-order valence-corrected chi connectivity index (χ3v) is 3.79. The SMILES string of the molecule is CCc1c(C)sc(NC(=O)/C=C/C(=O)O)c1C(=O)OC(C)C. The number of esters is 1. The molecule has 1 amide bonds. The van der Waals surface area contributed by atoms with Gasteiger partial charge in [0.25, 0.3) is 0 Å². The van der Waals surface area contributed by atoms with Crippen molar-refractivity contribution in [2.75, 3.05) is 5.32 Å². The summed E-state index contributed by atoms with van der Waals surface area (Å²) in [6, 6.07) is 0. The van der Waals surface area contributed by atoms with Crippen molar-refractivity contribution in [2.24, 2.45) is 0 Å². The topological polar surface area (TPSA) is 92.7 Å². The molecule has 1 heterocycles. The first kappa shape index (κ1) is 17.9. The zero-order chi connectivity index (χ0) is 16.9. The maximum Gasteiger partial charge on any atom is 0.341 e. The van der Waals surface area contributed by atoms with E-state index in [0.717, 1.165) is 22.6 Å². The molecule has 22 heavy (non-hydrogen) atoms. The number of thiophene rings is 1. The van der Waals surface area contributed by atoms with Crippen LogP contribution in [0.4, 0.5) is 5.00 Å². The number of carbonyl (C=O) groups excluding carboxylic acids is 2. The van der Waals surface area contributed by atoms with Crippen LogP contribution in [0.5, 0.6) is 0 Å². The van der Waals surface area contributed by atoms with Crippen molar-refractivity contribution in [1.82, 2.24) is 0 Å². The van der Waals surface area contributed by atoms with E-state index in [4.69, 9.17) is 9.84 Å². The average Bonchev–Trinajstić information content (AvgIpc) is 2.71. The minimum atomic E-state index is -1.22. The fraction of sp³-hybridized carbons (Fsp3) is 0.400. The van der Waals surface area contributed by atoms with E-state index in [2.05, 4.69) is 5.32 Å². The standard InChI is InChI=1S/C15H19NO5S/c1-5-10-9(4)22-14(13(10)15(20)21-8(2)3)16-11(17)6-7-12(18)19/h6-8H,5H2,1-4H3,(H,16,17)(H,18,19)/b7-6+. The zero-order valence-electron chi connectivity index (χ0n) is 12.9. The van der Waals surface area contributed by atoms with Gasteiger partial charge in [0.1, 0.15) is 5.00 Å². The number of nitrogens with one attached hydrogen (secondary N) is 1. The lowest BCUT2D eigenvalue weighted by molar-refractivity contribution is -0.131. The molecule has 2 N–H and O–H groups in total. The lowest BCUT2D eigenvalue weighted by Crippen LogP contribution is -2.16. The third-order valence-electron chi connectivity index (χ3n) is 2.72. The Kier molecular flexibility index (Phi) is 6.30. The lowest BCUT2D eigenvalue weighted by Gasteiger charge is -2.10. The van der Waals surface area contributed by atoms with E-state index < -0.39 is 17.8 Å². The normalized spacial score (nSPS) is 11.0. The van der Waals surface area contributed by atoms with Crippen LogP contribution >= 0.6 is 11.3 Å². The molecule has 7 heteroatoms. The molecule has 6 nitrogen and oxygen atoms in total. The number of amides is 1. The second-order valence-electron chi connectivity index (χ2n) is 4.81. The molecule has 120 valence electrons. The van der Waals surface area contributed by atoms with Gasteiger partial charge in [0, 0.05) is 17.0 Å². The van der Waals surface area contributed by atoms with Crippen LogP contribution in [0.3, 0.4) is 0 Å². The van der Waals surface area contributed by atoms with Crippen LogP contribution in [-0.2, 0) is 20.7 Å². The number of aryl methyl sites for hydroxylation is 1. The lowest BCUT2D eigenvalue weighted by atomic mass is 10.1. The summed E-state index contributed by atoms with van der Waals surface area (Å²) in [7, 11) is 0. The Morgan fingerprint density at radius 1 is 1.32 bits per heavy atom. The Labute approximate surface area is 132 Å². The molecule has 0 radical (unpaired) electrons. The summed E-state index contributed by atoms with van der Waals surface area (Å²) in [5, 5.41) is 11.4. The molecule has 0 bridgehead atoms. The fourth-order valence-corrected chi connectivity index (χ4v) is 3.02. The second kappa shape index (κ2) is 7.74. The number of carboxylic acid groups (broad SMARTS) is 1. The highest BCUT2D eigenvalue weighted by Gasteiger charge is 2.23. The van der Waals surface area contributed by atoms with Crippen LogP contribution in [-0.4, -0.2) is 29.1 Å². The van der Waals surface area contributed by atoms with E-state index in [-0.39, 0.29) is 6.10 Å². The Morgan fingerprint density at radius 2 is 1.95 bits per heavy atom. The predicted octanol–water partition coefficient (Wildman–Crippen LogP) is 2.76. The minimum Gasteiger partial charge on any atom is -0.478 e. The van der Waals surface area contributed by atoms with E-state index in [1.165, 1.54) is 11.3 Å². The van der Waals surface area contributed by atoms with Gasteiger partial charge in [-0.1, -0.05) is 6.92 Å². The number of rotatable bonds is 6. The van der Waals surface area contributed by atoms with Gasteiger partial charge < -0.3 is 15.2 Å². The van der Waals surface area contributed by atoms with Crippen LogP contribution in [0.25, 0.3) is 0 Å². The van der Waals surface area contributed by atoms with Gasteiger partial charge in [0.15, 0.2) is 0 Å². The molecule has 1 rings (SSSR count). The van der Waals surface area contributed by atoms with Crippen molar-refractivity contribution in [3.05, 3.63) is 28.2 Å². The molecule has 0 atom stereocenters. The summed E-state index contributed by atoms with van der Waals surface area (Å²) < 4.78 is 5.22. The summed E-state index contributed by atoms with van der Waals surface area (Å²) in [4.78, 5) is 35.3. The van der Waals surface area contributed by atoms with Gasteiger partial charge in [-0.15, -0.1) is 11.3 Å². The molecule has 0 aliphatic carbocycles. The maximum absolute atomic E-state index is 12.2. The third kappa shape index (κ3) is 4.70. The molecule has 0 aliphatic rings. The molecule has 0 spiro atoms. The Morgan fingerprint density at radius 3 is 2.45 bits per heavy atom. The number of carboxylic acids is 1. The fourth-order valence-electron chi connectivity index (χ4n) is 1.88. The molecular formula is C15H19NO5S. The Bertz CT molecular complexity index is 616. The molecular weight excluding hydrogens is 306 g/mol. The quantitative estimate of drug-likeness (QED) is 0.620. The maximum atomic E-state index is 12.2. The summed E-state index contributed by atoms with van der Waals surface area (Å²) in [6.45, 7) is 7.27. The van der Waals surface area contributed by atoms with E-state index in [0.29, 0.717) is 17.0 Å². The van der Waals surface area contributed by atoms with E-state index in [9.17, 15) is 14.4 Å². The summed E-state index contributed by atoms with van der Waals surface area (Å²) in [6.07, 6.45) is 2.00. The van der Waals surface area contributed by atoms with Crippen LogP contribution in [0, 0.1) is 6.92 Å². The van der Waals surface area contributed by atoms with E-state index in [1.807, 2.05) is 13.8 Å². The Balaban J connectivity index is 3.11. The van der Waals surface area contributed by atoms with Crippen molar-refractivity contribution in [1.29, 1.82) is 0 Å². The van der Waals surface area contributed by atoms with E-state index >= 15 is 0 Å². The van der Waals surface area contributed by atoms with Crippen LogP contribution < -0.4 is 5.32 Å². The number of aliphatic carboxylic acids is 1. The van der Waals surface area contributed by atoms with Crippen molar-refractivity contribution >= 4 is 34.2 Å². The number of hydrogen-bond donors (Lipinski definition) is 2. The van der Waals surface area contributed by atoms with Crippen molar-refractivity contribution < 1.29 is 24.2 Å². The van der Waals surface area contributed by atoms with Gasteiger partial charge in [0.2, 0.25) is 5.91 Å². The average molecular weight is 325 g/mol. The van der Waals surface area contributed by atoms with Gasteiger partial charge in [-0.3, -0.25) is 4.79 Å². The number of hydrogen-bond acceptors (Lipinski definition) is 5. The van der Waals surface area contributed by atoms with E-state index in [1.54, 1.807) is 13.8 Å². The summed E-state index contributed by atoms with van der Waals surface area (Å²) in [5.41, 5.74) is 1.17. The Hall–Kier alpha value is -2.15. The van der Waals surface area contributed by atoms with Gasteiger partial charge in [0.05, 0.1) is 11.7 Å². The number of anilines is 1. The summed E-state index contributed by atoms with van der Waals surface area (Å²) >= 11 is 1.27. The molecule has 0 unspecified atom stereocenters. The number of ether oxygens (including phenoxy) is 1. The molecule has 0 saturated carbocycles. The first-order chi connectivity index (χ1) is 10.3. The van der Waals surface area contributed by atoms with Crippen molar-refractivity contribution in [3.8, 4) is 0 Å². The molecule has 0 aliphatic heterocycles. The highest BCUT2D eigenvalue weighted by molar-refractivity contribution is 7.16. The van der Waals surface area contributed by atoms with Gasteiger partial charge in [-0.2, -0.15) is 0 Å². The second-order valence-corrected chi connectivity index (χ2v) is 6.03. The predicted molar refractivity (Wildman–Crippen MR) is 84.4 cm³/mol. The summed E-state index contributed by atoms with van der Waals surface area (Å²) in [5.74, 6) is -2.31. The first-order valence-corrected chi connectivity index (χ1v) is 7.63. The highest BCUT2D eigenvalue weighted by Crippen LogP contribution is 2.34. The van der Waals surface area contributed by atoms with Gasteiger partial charge in [-0.05, 0) is 32.8 Å². The molecule has 1 aromatic heterocycles. The zero-order valence-corrected chi connectivity index (χ0v) is 13.7. The molecule has 0 saturated heterocycles. The van der Waals surface area contributed by atoms with Crippen LogP contribution in [0.1, 0.15) is 41.6 Å². The van der Waals surface area contributed by atoms with Crippen LogP contribution in [0.2, 0.25) is 0 Å². The van der Waals surface area contributed by atoms with Crippen LogP contribution in [0.15, 0.2) is 12.2 Å². The van der Waals surface area contributed by atoms with Gasteiger partial charge in [-0.25, -0.2) is 9.59 Å². The molecule has 0 aromatic carbocycles. The highest BCUT2D eigenvalue weighted by atomic mass is 32.1. The van der Waals surface area contributed by atoms with Crippen molar-refractivity contribution in [3.63, 3.8) is 0 Å². The molecule has 1 aromatic rings. The minimum absolute atomic E-state index is 0.270. The smallest absolute Gasteiger partial charge is 0.341 e. The molecule has 0 fully saturated rings. The van der Waals surface area contributed by atoms with Crippen molar-refractivity contribution in [2.45, 2.75) is 40.2 Å². The monoisotopic (exact) mass is 325 g/mol. The first-order valence-electron chi connectivity index (χ1n) is 6.81. The largest absolute Gasteiger partial charge is 0.478 e. The van der Waals surface area contributed by atoms with Gasteiger partial charge >= 0.3 is 11.9 Å².